The van der Waals surface area contributed by atoms with Crippen molar-refractivity contribution < 1.29 is 9.53 Å². The summed E-state index contributed by atoms with van der Waals surface area (Å²) in [5.41, 5.74) is 2.15. The molecule has 0 aromatic rings. The summed E-state index contributed by atoms with van der Waals surface area (Å²) in [5, 5.41) is 7.02. The SMILES string of the molecule is CCOC(=O)/C=C(\C)N1N=C2C3CCN(CC3)[C@@H]2[C@H]1[C]1[CH][CH][CH][CH]1. The average Bonchev–Trinajstić information content (AvgIpc) is 3.24. The number of hydrazone groups is 1. The van der Waals surface area contributed by atoms with Crippen LogP contribution in [-0.4, -0.2) is 53.4 Å². The maximum atomic E-state index is 11.9. The minimum Gasteiger partial charge on any atom is -0.463 e. The lowest BCUT2D eigenvalue weighted by Crippen LogP contribution is -2.60. The lowest BCUT2D eigenvalue weighted by molar-refractivity contribution is -0.137. The van der Waals surface area contributed by atoms with Crippen LogP contribution in [0.4, 0.5) is 0 Å². The summed E-state index contributed by atoms with van der Waals surface area (Å²) in [4.78, 5) is 14.4. The number of carbonyl (C=O) groups excluding carboxylic acids is 1. The summed E-state index contributed by atoms with van der Waals surface area (Å²) in [6, 6.07) is 0.495. The third-order valence-corrected chi connectivity index (χ3v) is 5.43. The first kappa shape index (κ1) is 16.1. The summed E-state index contributed by atoms with van der Waals surface area (Å²) in [7, 11) is 0. The van der Waals surface area contributed by atoms with E-state index in [4.69, 9.17) is 9.84 Å². The third-order valence-electron chi connectivity index (χ3n) is 5.43. The number of allylic oxidation sites excluding steroid dienone is 1. The molecule has 5 rings (SSSR count). The zero-order valence-electron chi connectivity index (χ0n) is 14.3. The largest absolute Gasteiger partial charge is 0.463 e. The van der Waals surface area contributed by atoms with Crippen LogP contribution < -0.4 is 0 Å². The Bertz CT molecular complexity index is 557. The van der Waals surface area contributed by atoms with Crippen molar-refractivity contribution in [1.29, 1.82) is 0 Å². The summed E-state index contributed by atoms with van der Waals surface area (Å²) < 4.78 is 5.07. The molecule has 1 aliphatic carbocycles. The van der Waals surface area contributed by atoms with Crippen molar-refractivity contribution in [3.05, 3.63) is 43.4 Å². The molecule has 127 valence electrons. The average molecular weight is 326 g/mol. The number of fused-ring (bicyclic) bond motifs is 2. The van der Waals surface area contributed by atoms with Gasteiger partial charge < -0.3 is 4.74 Å². The summed E-state index contributed by atoms with van der Waals surface area (Å²) in [6.45, 7) is 6.47. The van der Waals surface area contributed by atoms with Crippen LogP contribution in [-0.2, 0) is 9.53 Å². The summed E-state index contributed by atoms with van der Waals surface area (Å²) in [5.74, 6) is 1.57. The molecule has 5 nitrogen and oxygen atoms in total. The van der Waals surface area contributed by atoms with Crippen LogP contribution in [0.5, 0.6) is 0 Å². The van der Waals surface area contributed by atoms with E-state index in [1.807, 2.05) is 18.9 Å². The van der Waals surface area contributed by atoms with Gasteiger partial charge >= 0.3 is 5.97 Å². The zero-order chi connectivity index (χ0) is 16.7. The Morgan fingerprint density at radius 2 is 2.00 bits per heavy atom. The van der Waals surface area contributed by atoms with Crippen LogP contribution in [0.3, 0.4) is 0 Å². The molecule has 0 N–H and O–H groups in total. The van der Waals surface area contributed by atoms with Gasteiger partial charge in [0.25, 0.3) is 0 Å². The molecule has 0 unspecified atom stereocenters. The fourth-order valence-electron chi connectivity index (χ4n) is 4.35. The Labute approximate surface area is 144 Å². The lowest BCUT2D eigenvalue weighted by Gasteiger charge is -2.47. The highest BCUT2D eigenvalue weighted by atomic mass is 16.5. The molecule has 2 atom stereocenters. The van der Waals surface area contributed by atoms with E-state index in [1.165, 1.54) is 24.5 Å². The Hall–Kier alpha value is -1.36. The number of hydrogen-bond donors (Lipinski definition) is 0. The number of carbonyl (C=O) groups is 1. The van der Waals surface area contributed by atoms with Gasteiger partial charge in [0.1, 0.15) is 0 Å². The highest BCUT2D eigenvalue weighted by Gasteiger charge is 2.52. The van der Waals surface area contributed by atoms with Crippen molar-refractivity contribution in [3.8, 4) is 0 Å². The van der Waals surface area contributed by atoms with E-state index >= 15 is 0 Å². The van der Waals surface area contributed by atoms with Crippen LogP contribution in [0.1, 0.15) is 26.7 Å². The minimum atomic E-state index is -0.297. The van der Waals surface area contributed by atoms with Gasteiger partial charge in [0.15, 0.2) is 0 Å². The highest BCUT2D eigenvalue weighted by molar-refractivity contribution is 5.96. The number of esters is 1. The van der Waals surface area contributed by atoms with Gasteiger partial charge in [-0.2, -0.15) is 5.10 Å². The molecule has 5 aliphatic rings. The molecule has 5 heteroatoms. The topological polar surface area (TPSA) is 45.1 Å². The minimum absolute atomic E-state index is 0.156. The molecule has 4 fully saturated rings. The Morgan fingerprint density at radius 1 is 1.29 bits per heavy atom. The predicted molar refractivity (Wildman–Crippen MR) is 92.0 cm³/mol. The van der Waals surface area contributed by atoms with Crippen molar-refractivity contribution >= 4 is 11.7 Å². The fourth-order valence-corrected chi connectivity index (χ4v) is 4.35. The molecule has 2 bridgehead atoms. The second-order valence-corrected chi connectivity index (χ2v) is 6.83. The maximum absolute atomic E-state index is 11.9. The number of ether oxygens (including phenoxy) is 1. The van der Waals surface area contributed by atoms with Gasteiger partial charge in [0.2, 0.25) is 0 Å². The molecule has 0 amide bonds. The smallest absolute Gasteiger partial charge is 0.332 e. The van der Waals surface area contributed by atoms with Crippen LogP contribution in [0.25, 0.3) is 0 Å². The number of nitrogens with zero attached hydrogens (tertiary/aromatic N) is 3. The number of piperidine rings is 3. The number of rotatable bonds is 4. The second kappa shape index (κ2) is 6.51. The zero-order valence-corrected chi connectivity index (χ0v) is 14.3. The van der Waals surface area contributed by atoms with E-state index in [2.05, 4.69) is 30.6 Å². The van der Waals surface area contributed by atoms with Crippen molar-refractivity contribution in [3.63, 3.8) is 0 Å². The molecule has 0 spiro atoms. The number of hydrogen-bond acceptors (Lipinski definition) is 5. The van der Waals surface area contributed by atoms with Crippen LogP contribution in [0.15, 0.2) is 16.9 Å². The molecule has 4 aliphatic heterocycles. The molecular weight excluding hydrogens is 302 g/mol. The van der Waals surface area contributed by atoms with E-state index < -0.39 is 0 Å². The standard InChI is InChI=1S/C19H24N3O2/c1-3-24-16(23)12-13(2)22-18(15-6-4-5-7-15)19-17(20-22)14-8-10-21(19)11-9-14/h4-7,12,14,18-19H,3,8-11H2,1-2H3/b13-12+/t18-,19+/m1/s1. The highest BCUT2D eigenvalue weighted by Crippen LogP contribution is 2.44. The molecular formula is C19H24N3O2. The van der Waals surface area contributed by atoms with Gasteiger partial charge in [-0.1, -0.05) is 0 Å². The van der Waals surface area contributed by atoms with Crippen LogP contribution in [0, 0.1) is 37.5 Å². The summed E-state index contributed by atoms with van der Waals surface area (Å²) in [6.07, 6.45) is 12.5. The molecule has 0 aromatic carbocycles. The Morgan fingerprint density at radius 3 is 2.67 bits per heavy atom. The van der Waals surface area contributed by atoms with E-state index in [0.717, 1.165) is 18.8 Å². The normalized spacial score (nSPS) is 36.0. The van der Waals surface area contributed by atoms with Gasteiger partial charge in [-0.3, -0.25) is 9.91 Å². The van der Waals surface area contributed by atoms with E-state index in [0.29, 0.717) is 18.6 Å². The van der Waals surface area contributed by atoms with Gasteiger partial charge in [0.05, 0.1) is 24.4 Å². The maximum Gasteiger partial charge on any atom is 0.332 e. The first-order chi connectivity index (χ1) is 11.7. The monoisotopic (exact) mass is 326 g/mol. The molecule has 24 heavy (non-hydrogen) atoms. The molecule has 5 radical (unpaired) electrons. The first-order valence-corrected chi connectivity index (χ1v) is 8.87. The lowest BCUT2D eigenvalue weighted by atomic mass is 9.76. The van der Waals surface area contributed by atoms with Gasteiger partial charge in [-0.05, 0) is 65.5 Å². The Kier molecular flexibility index (Phi) is 4.37. The molecule has 4 heterocycles. The Balaban J connectivity index is 1.64. The van der Waals surface area contributed by atoms with Gasteiger partial charge in [-0.15, -0.1) is 0 Å². The van der Waals surface area contributed by atoms with Gasteiger partial charge in [0, 0.05) is 23.6 Å². The van der Waals surface area contributed by atoms with E-state index in [9.17, 15) is 4.79 Å². The molecule has 1 saturated carbocycles. The van der Waals surface area contributed by atoms with Crippen molar-refractivity contribution in [2.75, 3.05) is 19.7 Å². The fraction of sp³-hybridized carbons (Fsp3) is 0.526. The first-order valence-electron chi connectivity index (χ1n) is 8.87. The molecule has 3 saturated heterocycles. The predicted octanol–water partition coefficient (Wildman–Crippen LogP) is 1.99. The van der Waals surface area contributed by atoms with Crippen LogP contribution in [0.2, 0.25) is 0 Å². The van der Waals surface area contributed by atoms with Crippen molar-refractivity contribution in [2.24, 2.45) is 11.0 Å². The molecule has 0 aromatic heterocycles. The summed E-state index contributed by atoms with van der Waals surface area (Å²) >= 11 is 0. The second-order valence-electron chi connectivity index (χ2n) is 6.83. The van der Waals surface area contributed by atoms with Crippen molar-refractivity contribution in [2.45, 2.75) is 38.8 Å². The van der Waals surface area contributed by atoms with E-state index in [1.54, 1.807) is 6.08 Å². The third kappa shape index (κ3) is 2.67. The van der Waals surface area contributed by atoms with Crippen molar-refractivity contribution in [1.82, 2.24) is 9.91 Å². The van der Waals surface area contributed by atoms with Gasteiger partial charge in [-0.25, -0.2) is 4.79 Å². The quantitative estimate of drug-likeness (QED) is 0.585. The van der Waals surface area contributed by atoms with E-state index in [-0.39, 0.29) is 12.0 Å². The van der Waals surface area contributed by atoms with Crippen LogP contribution >= 0.6 is 0 Å².